The molecule has 0 saturated heterocycles. The topological polar surface area (TPSA) is 29.1 Å². The van der Waals surface area contributed by atoms with Crippen molar-refractivity contribution in [3.63, 3.8) is 0 Å². The first kappa shape index (κ1) is 9.78. The van der Waals surface area contributed by atoms with E-state index in [4.69, 9.17) is 0 Å². The van der Waals surface area contributed by atoms with Crippen molar-refractivity contribution in [3.8, 4) is 0 Å². The maximum absolute atomic E-state index is 11.3. The number of nitrogens with one attached hydrogen (secondary N) is 1. The van der Waals surface area contributed by atoms with E-state index in [0.717, 1.165) is 18.5 Å². The van der Waals surface area contributed by atoms with Crippen LogP contribution < -0.4 is 5.32 Å². The van der Waals surface area contributed by atoms with Gasteiger partial charge in [-0.3, -0.25) is 4.79 Å². The summed E-state index contributed by atoms with van der Waals surface area (Å²) >= 11 is 0. The molecule has 0 heterocycles. The molecule has 0 unspecified atom stereocenters. The van der Waals surface area contributed by atoms with E-state index in [9.17, 15) is 4.79 Å². The maximum Gasteiger partial charge on any atom is 0.224 e. The van der Waals surface area contributed by atoms with Crippen LogP contribution in [0.2, 0.25) is 0 Å². The van der Waals surface area contributed by atoms with Crippen LogP contribution in [0.4, 0.5) is 5.69 Å². The summed E-state index contributed by atoms with van der Waals surface area (Å²) in [4.78, 5) is 11.3. The molecule has 0 aliphatic heterocycles. The van der Waals surface area contributed by atoms with E-state index >= 15 is 0 Å². The third kappa shape index (κ3) is 3.74. The highest BCUT2D eigenvalue weighted by atomic mass is 16.1. The Morgan fingerprint density at radius 1 is 1.46 bits per heavy atom. The van der Waals surface area contributed by atoms with Gasteiger partial charge in [-0.2, -0.15) is 0 Å². The highest BCUT2D eigenvalue weighted by Crippen LogP contribution is 2.06. The Bertz CT molecular complexity index is 256. The Balaban J connectivity index is 2.37. The summed E-state index contributed by atoms with van der Waals surface area (Å²) in [7, 11) is 0. The molecule has 1 rings (SSSR count). The number of anilines is 1. The van der Waals surface area contributed by atoms with Gasteiger partial charge >= 0.3 is 0 Å². The van der Waals surface area contributed by atoms with E-state index in [1.807, 2.05) is 12.1 Å². The summed E-state index contributed by atoms with van der Waals surface area (Å²) in [5.41, 5.74) is 0.847. The van der Waals surface area contributed by atoms with Crippen LogP contribution >= 0.6 is 0 Å². The second-order valence-corrected chi connectivity index (χ2v) is 2.94. The third-order valence-corrected chi connectivity index (χ3v) is 1.76. The van der Waals surface area contributed by atoms with E-state index in [0.29, 0.717) is 6.42 Å². The van der Waals surface area contributed by atoms with Crippen LogP contribution in [0.15, 0.2) is 24.3 Å². The number of carbonyl (C=O) groups excluding carboxylic acids is 1. The molecule has 1 aromatic rings. The van der Waals surface area contributed by atoms with Gasteiger partial charge in [0.25, 0.3) is 0 Å². The average Bonchev–Trinajstić information content (AvgIpc) is 2.16. The number of hydrogen-bond donors (Lipinski definition) is 1. The van der Waals surface area contributed by atoms with Crippen LogP contribution in [0.5, 0.6) is 0 Å². The van der Waals surface area contributed by atoms with Gasteiger partial charge in [0.05, 0.1) is 0 Å². The van der Waals surface area contributed by atoms with Crippen molar-refractivity contribution < 1.29 is 4.79 Å². The lowest BCUT2D eigenvalue weighted by molar-refractivity contribution is -0.116. The molecule has 0 atom stereocenters. The minimum Gasteiger partial charge on any atom is -0.326 e. The minimum atomic E-state index is 0.0908. The zero-order chi connectivity index (χ0) is 9.52. The average molecular weight is 176 g/mol. The zero-order valence-corrected chi connectivity index (χ0v) is 7.84. The standard InChI is InChI=1S/C11H14NO/c1-2-3-9-11(13)12-10-7-5-4-6-8-10/h5-8H,2-3,9H2,1H3,(H,12,13). The summed E-state index contributed by atoms with van der Waals surface area (Å²) in [6.45, 7) is 2.07. The first-order valence-corrected chi connectivity index (χ1v) is 4.59. The fourth-order valence-electron chi connectivity index (χ4n) is 1.03. The molecule has 0 saturated carbocycles. The van der Waals surface area contributed by atoms with Crippen LogP contribution in [-0.4, -0.2) is 5.91 Å². The predicted molar refractivity (Wildman–Crippen MR) is 53.4 cm³/mol. The van der Waals surface area contributed by atoms with Crippen molar-refractivity contribution in [2.24, 2.45) is 0 Å². The highest BCUT2D eigenvalue weighted by molar-refractivity contribution is 5.90. The Morgan fingerprint density at radius 2 is 2.15 bits per heavy atom. The summed E-state index contributed by atoms with van der Waals surface area (Å²) in [6.07, 6.45) is 2.61. The molecule has 0 fully saturated rings. The van der Waals surface area contributed by atoms with Crippen molar-refractivity contribution >= 4 is 11.6 Å². The number of hydrogen-bond acceptors (Lipinski definition) is 1. The fourth-order valence-corrected chi connectivity index (χ4v) is 1.03. The van der Waals surface area contributed by atoms with Crippen LogP contribution in [0.1, 0.15) is 26.2 Å². The van der Waals surface area contributed by atoms with Gasteiger partial charge in [-0.1, -0.05) is 25.5 Å². The highest BCUT2D eigenvalue weighted by Gasteiger charge is 1.99. The van der Waals surface area contributed by atoms with Crippen molar-refractivity contribution in [3.05, 3.63) is 30.3 Å². The smallest absolute Gasteiger partial charge is 0.224 e. The van der Waals surface area contributed by atoms with Crippen LogP contribution in [0, 0.1) is 6.07 Å². The number of unbranched alkanes of at least 4 members (excludes halogenated alkanes) is 1. The van der Waals surface area contributed by atoms with Gasteiger partial charge in [-0.15, -0.1) is 0 Å². The Labute approximate surface area is 79.0 Å². The molecule has 1 N–H and O–H groups in total. The molecule has 0 aliphatic carbocycles. The van der Waals surface area contributed by atoms with Crippen molar-refractivity contribution in [2.45, 2.75) is 26.2 Å². The molecular weight excluding hydrogens is 162 g/mol. The van der Waals surface area contributed by atoms with Crippen molar-refractivity contribution in [1.82, 2.24) is 0 Å². The van der Waals surface area contributed by atoms with E-state index in [1.54, 1.807) is 12.1 Å². The lowest BCUT2D eigenvalue weighted by atomic mass is 10.2. The Morgan fingerprint density at radius 3 is 2.77 bits per heavy atom. The lowest BCUT2D eigenvalue weighted by Gasteiger charge is -2.03. The third-order valence-electron chi connectivity index (χ3n) is 1.76. The van der Waals surface area contributed by atoms with E-state index in [1.165, 1.54) is 0 Å². The quantitative estimate of drug-likeness (QED) is 0.750. The molecule has 0 spiro atoms. The molecule has 2 heteroatoms. The molecule has 1 amide bonds. The summed E-state index contributed by atoms with van der Waals surface area (Å²) in [6, 6.07) is 10.1. The minimum absolute atomic E-state index is 0.0908. The van der Waals surface area contributed by atoms with Gasteiger partial charge in [0.1, 0.15) is 0 Å². The number of carbonyl (C=O) groups is 1. The van der Waals surface area contributed by atoms with Crippen LogP contribution in [-0.2, 0) is 4.79 Å². The number of rotatable bonds is 4. The zero-order valence-electron chi connectivity index (χ0n) is 7.84. The summed E-state index contributed by atoms with van der Waals surface area (Å²) in [5.74, 6) is 0.0908. The van der Waals surface area contributed by atoms with Crippen molar-refractivity contribution in [2.75, 3.05) is 5.32 Å². The van der Waals surface area contributed by atoms with Gasteiger partial charge < -0.3 is 5.32 Å². The number of amides is 1. The SMILES string of the molecule is CCCCC(=O)Nc1cc[c]cc1. The van der Waals surface area contributed by atoms with Gasteiger partial charge in [0.2, 0.25) is 5.91 Å². The first-order valence-electron chi connectivity index (χ1n) is 4.59. The Kier molecular flexibility index (Phi) is 4.03. The van der Waals surface area contributed by atoms with Gasteiger partial charge in [0.15, 0.2) is 0 Å². The molecule has 0 aromatic heterocycles. The molecule has 1 aromatic carbocycles. The molecule has 13 heavy (non-hydrogen) atoms. The van der Waals surface area contributed by atoms with E-state index < -0.39 is 0 Å². The summed E-state index contributed by atoms with van der Waals surface area (Å²) in [5, 5.41) is 2.82. The van der Waals surface area contributed by atoms with Gasteiger partial charge in [-0.25, -0.2) is 0 Å². The molecule has 69 valence electrons. The fraction of sp³-hybridized carbons (Fsp3) is 0.364. The van der Waals surface area contributed by atoms with Gasteiger partial charge in [0, 0.05) is 12.1 Å². The van der Waals surface area contributed by atoms with Crippen LogP contribution in [0.3, 0.4) is 0 Å². The van der Waals surface area contributed by atoms with E-state index in [2.05, 4.69) is 18.3 Å². The molecule has 0 bridgehead atoms. The van der Waals surface area contributed by atoms with Crippen LogP contribution in [0.25, 0.3) is 0 Å². The van der Waals surface area contributed by atoms with E-state index in [-0.39, 0.29) is 5.91 Å². The predicted octanol–water partition coefficient (Wildman–Crippen LogP) is 2.62. The molecular formula is C11H14NO. The van der Waals surface area contributed by atoms with Gasteiger partial charge in [-0.05, 0) is 24.6 Å². The number of benzene rings is 1. The molecule has 1 radical (unpaired) electrons. The van der Waals surface area contributed by atoms with Crippen molar-refractivity contribution in [1.29, 1.82) is 0 Å². The Hall–Kier alpha value is -1.31. The second-order valence-electron chi connectivity index (χ2n) is 2.94. The monoisotopic (exact) mass is 176 g/mol. The second kappa shape index (κ2) is 5.36. The maximum atomic E-state index is 11.3. The largest absolute Gasteiger partial charge is 0.326 e. The first-order chi connectivity index (χ1) is 6.33. The molecule has 0 aliphatic rings. The summed E-state index contributed by atoms with van der Waals surface area (Å²) < 4.78 is 0. The normalized spacial score (nSPS) is 9.62. The lowest BCUT2D eigenvalue weighted by Crippen LogP contribution is -2.10. The molecule has 2 nitrogen and oxygen atoms in total.